The molecule has 278 valence electrons. The average molecular weight is 741 g/mol. The molecule has 0 radical (unpaired) electrons. The number of hydrogen-bond acceptors (Lipinski definition) is 12. The number of unbranched alkanes of at least 4 members (excludes halogenated alkanes) is 1. The molecule has 2 aromatic heterocycles. The first-order valence-electron chi connectivity index (χ1n) is 16.9. The van der Waals surface area contributed by atoms with E-state index in [1.165, 1.54) is 18.2 Å². The summed E-state index contributed by atoms with van der Waals surface area (Å²) in [5, 5.41) is 14.2. The molecule has 17 nitrogen and oxygen atoms in total. The van der Waals surface area contributed by atoms with Crippen molar-refractivity contribution < 1.29 is 52.7 Å². The zero-order valence-electron chi connectivity index (χ0n) is 28.6. The number of pyridine rings is 1. The number of carbonyl (C=O) groups excluding carboxylic acids is 4. The molecule has 1 saturated heterocycles. The zero-order chi connectivity index (χ0) is 37.4. The number of phenolic OH excluding ortho intramolecular Hbond substituents is 1. The number of rotatable bonds is 18. The predicted molar refractivity (Wildman–Crippen MR) is 187 cm³/mol. The number of imide groups is 1. The number of nitrogens with two attached hydrogens (primary N) is 1. The van der Waals surface area contributed by atoms with Crippen LogP contribution in [0, 0.1) is 0 Å². The Morgan fingerprint density at radius 1 is 1.00 bits per heavy atom. The second-order valence-corrected chi connectivity index (χ2v) is 13.4. The van der Waals surface area contributed by atoms with Crippen LogP contribution >= 0.6 is 7.82 Å². The average Bonchev–Trinajstić information content (AvgIpc) is 3.61. The van der Waals surface area contributed by atoms with E-state index < -0.39 is 25.6 Å². The molecule has 3 amide bonds. The predicted octanol–water partition coefficient (Wildman–Crippen LogP) is 3.19. The summed E-state index contributed by atoms with van der Waals surface area (Å²) >= 11 is 0. The summed E-state index contributed by atoms with van der Waals surface area (Å²) in [6, 6.07) is 9.69. The van der Waals surface area contributed by atoms with Gasteiger partial charge in [-0.15, -0.1) is 5.06 Å². The first-order chi connectivity index (χ1) is 24.8. The minimum Gasteiger partial charge on any atom is -0.508 e. The van der Waals surface area contributed by atoms with E-state index in [1.807, 2.05) is 22.8 Å². The lowest BCUT2D eigenvalue weighted by molar-refractivity contribution is -0.197. The topological polar surface area (TPSA) is 246 Å². The van der Waals surface area contributed by atoms with Crippen LogP contribution in [0.5, 0.6) is 11.5 Å². The largest absolute Gasteiger partial charge is 0.524 e. The van der Waals surface area contributed by atoms with Gasteiger partial charge >= 0.3 is 13.8 Å². The van der Waals surface area contributed by atoms with Gasteiger partial charge in [0.2, 0.25) is 5.91 Å². The minimum atomic E-state index is -4.89. The van der Waals surface area contributed by atoms with Crippen molar-refractivity contribution in [3.05, 3.63) is 53.3 Å². The molecule has 0 aliphatic carbocycles. The van der Waals surface area contributed by atoms with Crippen LogP contribution in [-0.2, 0) is 52.7 Å². The molecule has 6 N–H and O–H groups in total. The Balaban J connectivity index is 1.21. The number of benzene rings is 2. The van der Waals surface area contributed by atoms with E-state index in [-0.39, 0.29) is 75.0 Å². The van der Waals surface area contributed by atoms with Crippen molar-refractivity contribution in [2.75, 3.05) is 25.5 Å². The first-order valence-corrected chi connectivity index (χ1v) is 18.4. The van der Waals surface area contributed by atoms with Crippen LogP contribution in [-0.4, -0.2) is 77.9 Å². The molecular formula is C34H41N6O11P. The number of ether oxygens (including phenoxy) is 1. The number of nitrogens with zero attached hydrogens (tertiary/aromatic N) is 4. The van der Waals surface area contributed by atoms with Crippen LogP contribution in [0.3, 0.4) is 0 Å². The third kappa shape index (κ3) is 9.82. The van der Waals surface area contributed by atoms with Gasteiger partial charge in [0.25, 0.3) is 11.8 Å². The third-order valence-corrected chi connectivity index (χ3v) is 8.71. The number of fused-ring (bicyclic) bond motifs is 3. The van der Waals surface area contributed by atoms with Gasteiger partial charge in [-0.3, -0.25) is 24.2 Å². The molecule has 4 aromatic rings. The van der Waals surface area contributed by atoms with Gasteiger partial charge in [0.1, 0.15) is 22.8 Å². The number of aromatic hydroxyl groups is 1. The lowest BCUT2D eigenvalue weighted by Gasteiger charge is -2.16. The van der Waals surface area contributed by atoms with Crippen molar-refractivity contribution >= 4 is 59.3 Å². The smallest absolute Gasteiger partial charge is 0.508 e. The number of carbonyl (C=O) groups is 4. The van der Waals surface area contributed by atoms with Gasteiger partial charge in [0.15, 0.2) is 5.82 Å². The van der Waals surface area contributed by atoms with Gasteiger partial charge in [-0.2, -0.15) is 0 Å². The number of aryl methyl sites for hydroxylation is 1. The Kier molecular flexibility index (Phi) is 12.4. The highest BCUT2D eigenvalue weighted by Gasteiger charge is 2.32. The summed E-state index contributed by atoms with van der Waals surface area (Å²) in [6.45, 7) is 2.97. The van der Waals surface area contributed by atoms with Gasteiger partial charge in [-0.1, -0.05) is 19.4 Å². The molecule has 0 unspecified atom stereocenters. The van der Waals surface area contributed by atoms with Crippen LogP contribution < -0.4 is 15.6 Å². The van der Waals surface area contributed by atoms with Gasteiger partial charge in [0.05, 0.1) is 30.8 Å². The second-order valence-electron chi connectivity index (χ2n) is 12.2. The number of phosphoric ester groups is 1. The van der Waals surface area contributed by atoms with Crippen LogP contribution in [0.25, 0.3) is 21.9 Å². The Morgan fingerprint density at radius 3 is 2.50 bits per heavy atom. The fourth-order valence-corrected chi connectivity index (χ4v) is 6.21. The molecule has 0 atom stereocenters. The standard InChI is InChI=1S/C34H41N6O11P/c1-2-3-5-27-38-32-33(39(27)20-22-19-23(41)9-11-26(22)51-52(46,47)48)24-18-21(8-10-25(24)37-34(32)35)14-16-49-17-15-36-28(42)6-4-7-31(45)50-40-29(43)12-13-30(40)44/h8-11,18-19,41H,2-7,12-17,20H2,1H3,(H2,35,37)(H,36,42)(H2,46,47,48). The Bertz CT molecular complexity index is 2010. The molecule has 18 heteroatoms. The first kappa shape index (κ1) is 38.1. The highest BCUT2D eigenvalue weighted by molar-refractivity contribution is 7.46. The van der Waals surface area contributed by atoms with E-state index in [2.05, 4.69) is 17.2 Å². The van der Waals surface area contributed by atoms with E-state index in [9.17, 15) is 38.6 Å². The number of phosphoric acid groups is 1. The maximum Gasteiger partial charge on any atom is 0.524 e. The summed E-state index contributed by atoms with van der Waals surface area (Å²) in [5.41, 5.74) is 9.42. The summed E-state index contributed by atoms with van der Waals surface area (Å²) in [7, 11) is -4.89. The maximum absolute atomic E-state index is 12.2. The molecule has 0 saturated carbocycles. The molecule has 1 fully saturated rings. The number of nitrogens with one attached hydrogen (secondary N) is 1. The van der Waals surface area contributed by atoms with E-state index in [1.54, 1.807) is 0 Å². The number of aromatic nitrogens is 3. The number of anilines is 1. The van der Waals surface area contributed by atoms with Crippen molar-refractivity contribution in [2.24, 2.45) is 0 Å². The van der Waals surface area contributed by atoms with E-state index >= 15 is 0 Å². The summed E-state index contributed by atoms with van der Waals surface area (Å²) in [6.07, 6.45) is 2.99. The number of amides is 3. The highest BCUT2D eigenvalue weighted by Crippen LogP contribution is 2.41. The Morgan fingerprint density at radius 2 is 1.77 bits per heavy atom. The fraction of sp³-hybridized carbons (Fsp3) is 0.412. The van der Waals surface area contributed by atoms with Gasteiger partial charge < -0.3 is 34.8 Å². The van der Waals surface area contributed by atoms with E-state index in [4.69, 9.17) is 24.8 Å². The lowest BCUT2D eigenvalue weighted by atomic mass is 10.1. The Labute approximate surface area is 298 Å². The summed E-state index contributed by atoms with van der Waals surface area (Å²) < 4.78 is 24.3. The molecule has 1 aliphatic rings. The van der Waals surface area contributed by atoms with Crippen LogP contribution in [0.1, 0.15) is 68.8 Å². The molecule has 1 aliphatic heterocycles. The van der Waals surface area contributed by atoms with Crippen LogP contribution in [0.4, 0.5) is 5.82 Å². The summed E-state index contributed by atoms with van der Waals surface area (Å²) in [4.78, 5) is 80.4. The van der Waals surface area contributed by atoms with Gasteiger partial charge in [-0.05, 0) is 55.2 Å². The molecule has 52 heavy (non-hydrogen) atoms. The molecule has 0 bridgehead atoms. The molecule has 3 heterocycles. The number of phenols is 1. The second kappa shape index (κ2) is 17.0. The quantitative estimate of drug-likeness (QED) is 0.0559. The number of nitrogen functional groups attached to an aromatic ring is 1. The van der Waals surface area contributed by atoms with Crippen molar-refractivity contribution in [3.8, 4) is 11.5 Å². The van der Waals surface area contributed by atoms with Crippen molar-refractivity contribution in [1.29, 1.82) is 0 Å². The third-order valence-electron chi connectivity index (χ3n) is 8.28. The van der Waals surface area contributed by atoms with Gasteiger partial charge in [-0.25, -0.2) is 19.3 Å². The molecule has 0 spiro atoms. The normalized spacial score (nSPS) is 13.3. The molecule has 2 aromatic carbocycles. The van der Waals surface area contributed by atoms with Crippen molar-refractivity contribution in [2.45, 2.75) is 71.3 Å². The SMILES string of the molecule is CCCCc1nc2c(N)nc3ccc(CCOCCNC(=O)CCCC(=O)ON4C(=O)CCC4=O)cc3c2n1Cc1cc(O)ccc1OP(=O)(O)O. The Hall–Kier alpha value is -5.09. The maximum atomic E-state index is 12.2. The minimum absolute atomic E-state index is 0.00886. The van der Waals surface area contributed by atoms with Crippen LogP contribution in [0.2, 0.25) is 0 Å². The summed E-state index contributed by atoms with van der Waals surface area (Å²) in [5.74, 6) is -1.42. The highest BCUT2D eigenvalue weighted by atomic mass is 31.2. The monoisotopic (exact) mass is 740 g/mol. The number of imidazole rings is 1. The number of hydrogen-bond donors (Lipinski definition) is 5. The zero-order valence-corrected chi connectivity index (χ0v) is 29.5. The van der Waals surface area contributed by atoms with Crippen molar-refractivity contribution in [3.63, 3.8) is 0 Å². The van der Waals surface area contributed by atoms with Crippen LogP contribution in [0.15, 0.2) is 36.4 Å². The number of hydroxylamine groups is 2. The van der Waals surface area contributed by atoms with E-state index in [0.29, 0.717) is 52.4 Å². The molecule has 5 rings (SSSR count). The van der Waals surface area contributed by atoms with Gasteiger partial charge in [0, 0.05) is 49.6 Å². The van der Waals surface area contributed by atoms with Crippen molar-refractivity contribution in [1.82, 2.24) is 24.9 Å². The lowest BCUT2D eigenvalue weighted by Crippen LogP contribution is -2.32. The van der Waals surface area contributed by atoms with E-state index in [0.717, 1.165) is 23.8 Å². The fourth-order valence-electron chi connectivity index (χ4n) is 5.77. The molecular weight excluding hydrogens is 699 g/mol.